The van der Waals surface area contributed by atoms with Crippen LogP contribution in [0.15, 0.2) is 72.8 Å². The highest BCUT2D eigenvalue weighted by molar-refractivity contribution is 5.93. The number of nitrogens with one attached hydrogen (secondary N) is 5. The number of nitrogens with zero attached hydrogens (tertiary/aromatic N) is 3. The zero-order valence-electron chi connectivity index (χ0n) is 31.9. The van der Waals surface area contributed by atoms with E-state index in [0.29, 0.717) is 13.1 Å². The van der Waals surface area contributed by atoms with Gasteiger partial charge in [-0.3, -0.25) is 9.59 Å². The van der Waals surface area contributed by atoms with Crippen LogP contribution in [0.1, 0.15) is 57.2 Å². The van der Waals surface area contributed by atoms with E-state index in [0.717, 1.165) is 98.8 Å². The van der Waals surface area contributed by atoms with Crippen molar-refractivity contribution < 1.29 is 28.7 Å². The van der Waals surface area contributed by atoms with Crippen LogP contribution in [-0.4, -0.2) is 88.2 Å². The normalized spacial score (nSPS) is 15.1. The van der Waals surface area contributed by atoms with Crippen molar-refractivity contribution in [3.63, 3.8) is 0 Å². The molecule has 4 amide bonds. The van der Waals surface area contributed by atoms with Crippen molar-refractivity contribution in [2.24, 2.45) is 0 Å². The molecule has 2 aromatic heterocycles. The van der Waals surface area contributed by atoms with Gasteiger partial charge in [0.05, 0.1) is 42.3 Å². The van der Waals surface area contributed by atoms with Crippen molar-refractivity contribution in [3.05, 3.63) is 84.4 Å². The molecule has 14 nitrogen and oxygen atoms in total. The van der Waals surface area contributed by atoms with Gasteiger partial charge in [0.2, 0.25) is 11.8 Å². The van der Waals surface area contributed by atoms with Crippen LogP contribution in [0.25, 0.3) is 55.1 Å². The molecule has 14 heteroatoms. The molecule has 0 unspecified atom stereocenters. The van der Waals surface area contributed by atoms with Crippen LogP contribution in [0.3, 0.4) is 0 Å². The van der Waals surface area contributed by atoms with Gasteiger partial charge in [-0.2, -0.15) is 0 Å². The zero-order chi connectivity index (χ0) is 39.3. The number of amides is 4. The predicted octanol–water partition coefficient (Wildman–Crippen LogP) is 6.52. The van der Waals surface area contributed by atoms with E-state index in [2.05, 4.69) is 96.1 Å². The van der Waals surface area contributed by atoms with Crippen molar-refractivity contribution in [2.75, 3.05) is 27.3 Å². The first-order valence-corrected chi connectivity index (χ1v) is 18.9. The molecule has 0 saturated carbocycles. The molecule has 1 aliphatic heterocycles. The third-order valence-electron chi connectivity index (χ3n) is 10.3. The Morgan fingerprint density at radius 1 is 0.750 bits per heavy atom. The number of aryl methyl sites for hydroxylation is 1. The molecule has 3 heterocycles. The monoisotopic (exact) mass is 758 g/mol. The van der Waals surface area contributed by atoms with Crippen molar-refractivity contribution in [1.82, 2.24) is 40.8 Å². The lowest BCUT2D eigenvalue weighted by molar-refractivity contribution is -0.134. The Kier molecular flexibility index (Phi) is 11.2. The van der Waals surface area contributed by atoms with E-state index in [1.54, 1.807) is 18.7 Å². The zero-order valence-corrected chi connectivity index (χ0v) is 31.9. The minimum absolute atomic E-state index is 0.165. The standard InChI is InChI=1S/C42H46N8O6/c1-24(44-41(53)55-3)39(51)43-18-6-5-9-37-46-32-16-14-30(22-34(32)47-37)28-12-10-27-21-29(13-11-26(27)20-28)31-15-17-33-35(23-31)49-38(48-33)36-8-7-19-50(36)40(52)25(2)45-42(54)56-4/h10-17,20-25,36H,5-9,18-19H2,1-4H3,(H,43,51)(H,44,53)(H,45,54)(H,46,47)(H,48,49)/t24-,25-,36-/m0/s1. The van der Waals surface area contributed by atoms with Gasteiger partial charge in [0.1, 0.15) is 23.7 Å². The fourth-order valence-corrected chi connectivity index (χ4v) is 7.28. The van der Waals surface area contributed by atoms with Gasteiger partial charge in [0, 0.05) is 19.5 Å². The highest BCUT2D eigenvalue weighted by Gasteiger charge is 2.35. The molecular weight excluding hydrogens is 713 g/mol. The molecule has 4 aromatic carbocycles. The summed E-state index contributed by atoms with van der Waals surface area (Å²) < 4.78 is 9.20. The van der Waals surface area contributed by atoms with Gasteiger partial charge in [-0.1, -0.05) is 36.4 Å². The maximum absolute atomic E-state index is 13.2. The first kappa shape index (κ1) is 37.9. The smallest absolute Gasteiger partial charge is 0.407 e. The lowest BCUT2D eigenvalue weighted by Gasteiger charge is -2.26. The fraction of sp³-hybridized carbons (Fsp3) is 0.333. The maximum Gasteiger partial charge on any atom is 0.407 e. The molecule has 1 saturated heterocycles. The Bertz CT molecular complexity index is 2420. The highest BCUT2D eigenvalue weighted by Crippen LogP contribution is 2.34. The average molecular weight is 759 g/mol. The number of H-pyrrole nitrogens is 2. The van der Waals surface area contributed by atoms with Crippen molar-refractivity contribution in [2.45, 2.75) is 64.1 Å². The Hall–Kier alpha value is -6.44. The number of imidazole rings is 2. The summed E-state index contributed by atoms with van der Waals surface area (Å²) in [6.07, 6.45) is 2.74. The molecule has 5 N–H and O–H groups in total. The van der Waals surface area contributed by atoms with E-state index in [9.17, 15) is 19.2 Å². The van der Waals surface area contributed by atoms with Crippen LogP contribution in [0.2, 0.25) is 0 Å². The molecule has 56 heavy (non-hydrogen) atoms. The third kappa shape index (κ3) is 8.28. The highest BCUT2D eigenvalue weighted by atomic mass is 16.5. The van der Waals surface area contributed by atoms with Crippen LogP contribution >= 0.6 is 0 Å². The van der Waals surface area contributed by atoms with Crippen LogP contribution < -0.4 is 16.0 Å². The van der Waals surface area contributed by atoms with Crippen LogP contribution in [-0.2, 0) is 25.5 Å². The number of ether oxygens (including phenoxy) is 2. The number of methoxy groups -OCH3 is 2. The molecule has 1 aliphatic rings. The Morgan fingerprint density at radius 2 is 1.32 bits per heavy atom. The summed E-state index contributed by atoms with van der Waals surface area (Å²) in [6, 6.07) is 23.8. The maximum atomic E-state index is 13.2. The van der Waals surface area contributed by atoms with Crippen molar-refractivity contribution in [3.8, 4) is 22.3 Å². The summed E-state index contributed by atoms with van der Waals surface area (Å²) >= 11 is 0. The van der Waals surface area contributed by atoms with Crippen LogP contribution in [0.5, 0.6) is 0 Å². The number of likely N-dealkylation sites (tertiary alicyclic amines) is 1. The van der Waals surface area contributed by atoms with Crippen LogP contribution in [0, 0.1) is 0 Å². The van der Waals surface area contributed by atoms with Gasteiger partial charge in [0.15, 0.2) is 0 Å². The second-order valence-electron chi connectivity index (χ2n) is 14.2. The van der Waals surface area contributed by atoms with Gasteiger partial charge in [-0.15, -0.1) is 0 Å². The molecule has 0 spiro atoms. The second-order valence-corrected chi connectivity index (χ2v) is 14.2. The van der Waals surface area contributed by atoms with E-state index in [-0.39, 0.29) is 17.9 Å². The number of aromatic nitrogens is 4. The Morgan fingerprint density at radius 3 is 1.96 bits per heavy atom. The molecule has 1 fully saturated rings. The molecule has 3 atom stereocenters. The number of unbranched alkanes of at least 4 members (excludes halogenated alkanes) is 1. The van der Waals surface area contributed by atoms with Gasteiger partial charge in [-0.05, 0) is 109 Å². The second kappa shape index (κ2) is 16.5. The summed E-state index contributed by atoms with van der Waals surface area (Å²) in [6.45, 7) is 4.38. The Labute approximate surface area is 323 Å². The molecular formula is C42H46N8O6. The number of fused-ring (bicyclic) bond motifs is 3. The molecule has 0 radical (unpaired) electrons. The Balaban J connectivity index is 0.991. The van der Waals surface area contributed by atoms with Crippen molar-refractivity contribution >= 4 is 56.8 Å². The minimum atomic E-state index is -0.705. The molecule has 0 bridgehead atoms. The summed E-state index contributed by atoms with van der Waals surface area (Å²) in [7, 11) is 2.54. The summed E-state index contributed by atoms with van der Waals surface area (Å²) in [4.78, 5) is 66.7. The molecule has 0 aliphatic carbocycles. The topological polar surface area (TPSA) is 183 Å². The number of carbonyl (C=O) groups excluding carboxylic acids is 4. The number of hydrogen-bond donors (Lipinski definition) is 5. The summed E-state index contributed by atoms with van der Waals surface area (Å²) in [5, 5.41) is 10.1. The fourth-order valence-electron chi connectivity index (χ4n) is 7.28. The number of rotatable bonds is 12. The van der Waals surface area contributed by atoms with Crippen molar-refractivity contribution in [1.29, 1.82) is 0 Å². The largest absolute Gasteiger partial charge is 0.453 e. The summed E-state index contributed by atoms with van der Waals surface area (Å²) in [5.41, 5.74) is 7.95. The lowest BCUT2D eigenvalue weighted by Crippen LogP contribution is -2.46. The first-order chi connectivity index (χ1) is 27.1. The first-order valence-electron chi connectivity index (χ1n) is 18.9. The van der Waals surface area contributed by atoms with Gasteiger partial charge in [-0.25, -0.2) is 19.6 Å². The molecule has 7 rings (SSSR count). The van der Waals surface area contributed by atoms with E-state index in [1.165, 1.54) is 14.2 Å². The molecule has 290 valence electrons. The van der Waals surface area contributed by atoms with Gasteiger partial charge >= 0.3 is 12.2 Å². The molecule has 6 aromatic rings. The predicted molar refractivity (Wildman–Crippen MR) is 214 cm³/mol. The number of carbonyl (C=O) groups is 4. The SMILES string of the molecule is COC(=O)N[C@@H](C)C(=O)NCCCCc1nc2ccc(-c3ccc4cc(-c5ccc6nc([C@@H]7CCCN7C(=O)[C@H](C)NC(=O)OC)[nH]c6c5)ccc4c3)cc2[nH]1. The average Bonchev–Trinajstić information content (AvgIpc) is 3.97. The van der Waals surface area contributed by atoms with Crippen LogP contribution in [0.4, 0.5) is 9.59 Å². The number of hydrogen-bond acceptors (Lipinski definition) is 8. The van der Waals surface area contributed by atoms with E-state index in [1.807, 2.05) is 12.1 Å². The number of alkyl carbamates (subject to hydrolysis) is 2. The van der Waals surface area contributed by atoms with Gasteiger partial charge in [0.25, 0.3) is 0 Å². The lowest BCUT2D eigenvalue weighted by atomic mass is 9.97. The van der Waals surface area contributed by atoms with E-state index in [4.69, 9.17) is 9.97 Å². The number of benzene rings is 4. The third-order valence-corrected chi connectivity index (χ3v) is 10.3. The number of aromatic amines is 2. The quantitative estimate of drug-likeness (QED) is 0.0875. The summed E-state index contributed by atoms with van der Waals surface area (Å²) in [5.74, 6) is 1.22. The minimum Gasteiger partial charge on any atom is -0.453 e. The van der Waals surface area contributed by atoms with E-state index < -0.39 is 24.3 Å². The van der Waals surface area contributed by atoms with E-state index >= 15 is 0 Å². The van der Waals surface area contributed by atoms with Gasteiger partial charge < -0.3 is 40.3 Å².